The van der Waals surface area contributed by atoms with Crippen molar-refractivity contribution in [1.82, 2.24) is 15.0 Å². The molecule has 0 spiro atoms. The molecule has 0 bridgehead atoms. The van der Waals surface area contributed by atoms with E-state index in [1.165, 1.54) is 0 Å². The molecule has 0 radical (unpaired) electrons. The molecule has 0 aliphatic heterocycles. The molecule has 2 rings (SSSR count). The Morgan fingerprint density at radius 3 is 2.65 bits per heavy atom. The Balaban J connectivity index is 2.21. The fraction of sp³-hybridized carbons (Fsp3) is 0.700. The molecule has 17 heavy (non-hydrogen) atoms. The molecule has 0 amide bonds. The number of alkyl halides is 3. The van der Waals surface area contributed by atoms with E-state index in [4.69, 9.17) is 5.26 Å². The van der Waals surface area contributed by atoms with Gasteiger partial charge in [0.05, 0.1) is 12.5 Å². The van der Waals surface area contributed by atoms with Crippen LogP contribution in [0.5, 0.6) is 0 Å². The number of aromatic nitrogens is 3. The van der Waals surface area contributed by atoms with Crippen molar-refractivity contribution < 1.29 is 13.2 Å². The molecule has 0 saturated heterocycles. The molecule has 0 atom stereocenters. The summed E-state index contributed by atoms with van der Waals surface area (Å²) in [5.41, 5.74) is -1.16. The van der Waals surface area contributed by atoms with Gasteiger partial charge in [0.15, 0.2) is 5.69 Å². The number of hydrogen-bond acceptors (Lipinski definition) is 3. The molecule has 1 heterocycles. The Morgan fingerprint density at radius 1 is 1.41 bits per heavy atom. The third-order valence-corrected chi connectivity index (χ3v) is 2.77. The highest BCUT2D eigenvalue weighted by Gasteiger charge is 2.39. The molecular weight excluding hydrogens is 233 g/mol. The second-order valence-electron chi connectivity index (χ2n) is 4.17. The summed E-state index contributed by atoms with van der Waals surface area (Å²) in [7, 11) is 0. The second kappa shape index (κ2) is 4.35. The lowest BCUT2D eigenvalue weighted by molar-refractivity contribution is -0.144. The van der Waals surface area contributed by atoms with Gasteiger partial charge in [-0.1, -0.05) is 18.1 Å². The number of halogens is 3. The van der Waals surface area contributed by atoms with Gasteiger partial charge in [0.2, 0.25) is 0 Å². The van der Waals surface area contributed by atoms with Gasteiger partial charge in [0.25, 0.3) is 0 Å². The summed E-state index contributed by atoms with van der Waals surface area (Å²) in [6, 6.07) is 1.67. The SMILES string of the molecule is N#CCc1nnn(CCC2CC2)c1C(F)(F)F. The number of aryl methyl sites for hydroxylation is 1. The van der Waals surface area contributed by atoms with Gasteiger partial charge in [0, 0.05) is 6.54 Å². The summed E-state index contributed by atoms with van der Waals surface area (Å²) in [6.45, 7) is 0.220. The van der Waals surface area contributed by atoms with Crippen LogP contribution in [0.25, 0.3) is 0 Å². The lowest BCUT2D eigenvalue weighted by Gasteiger charge is -2.09. The molecule has 1 aliphatic carbocycles. The largest absolute Gasteiger partial charge is 0.434 e. The zero-order valence-corrected chi connectivity index (χ0v) is 9.04. The van der Waals surface area contributed by atoms with Crippen molar-refractivity contribution in [3.05, 3.63) is 11.4 Å². The van der Waals surface area contributed by atoms with Crippen molar-refractivity contribution >= 4 is 0 Å². The predicted molar refractivity (Wildman–Crippen MR) is 51.7 cm³/mol. The van der Waals surface area contributed by atoms with Crippen molar-refractivity contribution in [2.75, 3.05) is 0 Å². The van der Waals surface area contributed by atoms with Crippen LogP contribution < -0.4 is 0 Å². The summed E-state index contributed by atoms with van der Waals surface area (Å²) < 4.78 is 39.3. The topological polar surface area (TPSA) is 54.5 Å². The van der Waals surface area contributed by atoms with Crippen LogP contribution in [0.4, 0.5) is 13.2 Å². The molecule has 4 nitrogen and oxygen atoms in total. The number of rotatable bonds is 4. The van der Waals surface area contributed by atoms with Crippen LogP contribution in [0.2, 0.25) is 0 Å². The monoisotopic (exact) mass is 244 g/mol. The maximum atomic E-state index is 12.8. The number of nitrogens with zero attached hydrogens (tertiary/aromatic N) is 4. The van der Waals surface area contributed by atoms with Gasteiger partial charge in [-0.3, -0.25) is 0 Å². The minimum Gasteiger partial charge on any atom is -0.240 e. The molecule has 0 unspecified atom stereocenters. The maximum absolute atomic E-state index is 12.8. The standard InChI is InChI=1S/C10H11F3N4/c11-10(12,13)9-8(3-5-14)15-16-17(9)6-4-7-1-2-7/h7H,1-4,6H2. The molecule has 1 aromatic rings. The highest BCUT2D eigenvalue weighted by Crippen LogP contribution is 2.35. The average molecular weight is 244 g/mol. The van der Waals surface area contributed by atoms with Crippen LogP contribution in [-0.2, 0) is 19.1 Å². The molecule has 1 aliphatic rings. The van der Waals surface area contributed by atoms with Crippen LogP contribution in [0.15, 0.2) is 0 Å². The lowest BCUT2D eigenvalue weighted by atomic mass is 10.2. The Bertz CT molecular complexity index is 439. The fourth-order valence-corrected chi connectivity index (χ4v) is 1.72. The minimum atomic E-state index is -4.50. The predicted octanol–water partition coefficient (Wildman–Crippen LogP) is 2.16. The van der Waals surface area contributed by atoms with Crippen molar-refractivity contribution in [1.29, 1.82) is 5.26 Å². The first-order chi connectivity index (χ1) is 8.02. The molecule has 0 N–H and O–H groups in total. The molecule has 92 valence electrons. The Morgan fingerprint density at radius 2 is 2.12 bits per heavy atom. The number of hydrogen-bond donors (Lipinski definition) is 0. The van der Waals surface area contributed by atoms with E-state index in [2.05, 4.69) is 10.3 Å². The van der Waals surface area contributed by atoms with Crippen LogP contribution in [0.1, 0.15) is 30.7 Å². The van der Waals surface area contributed by atoms with E-state index in [1.54, 1.807) is 6.07 Å². The third-order valence-electron chi connectivity index (χ3n) is 2.77. The molecule has 0 aromatic carbocycles. The van der Waals surface area contributed by atoms with Gasteiger partial charge in [-0.25, -0.2) is 4.68 Å². The number of nitriles is 1. The Kier molecular flexibility index (Phi) is 3.05. The van der Waals surface area contributed by atoms with Crippen molar-refractivity contribution in [2.45, 2.75) is 38.4 Å². The molecular formula is C10H11F3N4. The Labute approximate surface area is 96.0 Å². The molecule has 1 fully saturated rings. The van der Waals surface area contributed by atoms with E-state index in [9.17, 15) is 13.2 Å². The van der Waals surface area contributed by atoms with E-state index in [-0.39, 0.29) is 18.7 Å². The van der Waals surface area contributed by atoms with Gasteiger partial charge in [0.1, 0.15) is 5.69 Å². The van der Waals surface area contributed by atoms with Gasteiger partial charge in [-0.15, -0.1) is 5.10 Å². The molecule has 1 aromatic heterocycles. The highest BCUT2D eigenvalue weighted by molar-refractivity contribution is 5.17. The summed E-state index contributed by atoms with van der Waals surface area (Å²) in [5.74, 6) is 0.528. The third kappa shape index (κ3) is 2.75. The first-order valence-corrected chi connectivity index (χ1v) is 5.39. The second-order valence-corrected chi connectivity index (χ2v) is 4.17. The van der Waals surface area contributed by atoms with Gasteiger partial charge in [-0.05, 0) is 12.3 Å². The minimum absolute atomic E-state index is 0.220. The summed E-state index contributed by atoms with van der Waals surface area (Å²) >= 11 is 0. The van der Waals surface area contributed by atoms with Gasteiger partial charge < -0.3 is 0 Å². The van der Waals surface area contributed by atoms with Crippen molar-refractivity contribution in [2.24, 2.45) is 5.92 Å². The van der Waals surface area contributed by atoms with E-state index < -0.39 is 11.9 Å². The normalized spacial score (nSPS) is 15.9. The maximum Gasteiger partial charge on any atom is 0.434 e. The van der Waals surface area contributed by atoms with Crippen LogP contribution in [0.3, 0.4) is 0 Å². The van der Waals surface area contributed by atoms with Gasteiger partial charge >= 0.3 is 6.18 Å². The average Bonchev–Trinajstić information content (AvgIpc) is 2.96. The van der Waals surface area contributed by atoms with Gasteiger partial charge in [-0.2, -0.15) is 18.4 Å². The lowest BCUT2D eigenvalue weighted by Crippen LogP contribution is -2.17. The van der Waals surface area contributed by atoms with Crippen molar-refractivity contribution in [3.8, 4) is 6.07 Å². The zero-order valence-electron chi connectivity index (χ0n) is 9.04. The van der Waals surface area contributed by atoms with E-state index in [1.807, 2.05) is 0 Å². The Hall–Kier alpha value is -1.58. The summed E-state index contributed by atoms with van der Waals surface area (Å²) in [6.07, 6.45) is -2.00. The highest BCUT2D eigenvalue weighted by atomic mass is 19.4. The zero-order chi connectivity index (χ0) is 12.5. The summed E-state index contributed by atoms with van der Waals surface area (Å²) in [4.78, 5) is 0. The molecule has 7 heteroatoms. The van der Waals surface area contributed by atoms with Crippen molar-refractivity contribution in [3.63, 3.8) is 0 Å². The van der Waals surface area contributed by atoms with E-state index in [0.717, 1.165) is 17.5 Å². The fourth-order valence-electron chi connectivity index (χ4n) is 1.72. The van der Waals surface area contributed by atoms with E-state index >= 15 is 0 Å². The van der Waals surface area contributed by atoms with Crippen LogP contribution in [-0.4, -0.2) is 15.0 Å². The smallest absolute Gasteiger partial charge is 0.240 e. The quantitative estimate of drug-likeness (QED) is 0.815. The van der Waals surface area contributed by atoms with Crippen LogP contribution in [0, 0.1) is 17.2 Å². The summed E-state index contributed by atoms with van der Waals surface area (Å²) in [5, 5.41) is 15.4. The first-order valence-electron chi connectivity index (χ1n) is 5.39. The molecule has 1 saturated carbocycles. The van der Waals surface area contributed by atoms with E-state index in [0.29, 0.717) is 12.3 Å². The first kappa shape index (κ1) is 11.9. The van der Waals surface area contributed by atoms with Crippen LogP contribution >= 0.6 is 0 Å².